The number of benzene rings is 1. The number of amides is 1. The Labute approximate surface area is 89.9 Å². The van der Waals surface area contributed by atoms with Gasteiger partial charge in [-0.05, 0) is 18.1 Å². The van der Waals surface area contributed by atoms with E-state index in [-0.39, 0.29) is 11.9 Å². The molecule has 1 aromatic rings. The van der Waals surface area contributed by atoms with Gasteiger partial charge in [0.1, 0.15) is 0 Å². The molecular formula is C12H16N2O. The summed E-state index contributed by atoms with van der Waals surface area (Å²) in [6.07, 6.45) is 1.51. The van der Waals surface area contributed by atoms with Crippen LogP contribution in [0, 0.1) is 0 Å². The van der Waals surface area contributed by atoms with Crippen LogP contribution < -0.4 is 10.6 Å². The molecule has 2 N–H and O–H groups in total. The Morgan fingerprint density at radius 3 is 3.13 bits per heavy atom. The normalized spacial score (nSPS) is 18.9. The van der Waals surface area contributed by atoms with Gasteiger partial charge in [-0.3, -0.25) is 4.79 Å². The molecule has 0 saturated heterocycles. The molecule has 0 aliphatic carbocycles. The number of anilines is 1. The summed E-state index contributed by atoms with van der Waals surface area (Å²) in [7, 11) is 0. The van der Waals surface area contributed by atoms with Crippen LogP contribution >= 0.6 is 0 Å². The van der Waals surface area contributed by atoms with E-state index in [1.807, 2.05) is 19.1 Å². The summed E-state index contributed by atoms with van der Waals surface area (Å²) in [5.41, 5.74) is 2.34. The Morgan fingerprint density at radius 1 is 1.53 bits per heavy atom. The number of carbonyl (C=O) groups excluding carboxylic acids is 1. The third-order valence-electron chi connectivity index (χ3n) is 2.74. The summed E-state index contributed by atoms with van der Waals surface area (Å²) in [5, 5.41) is 6.38. The average Bonchev–Trinajstić information content (AvgIpc) is 2.29. The molecule has 0 fully saturated rings. The van der Waals surface area contributed by atoms with Gasteiger partial charge in [0.2, 0.25) is 5.91 Å². The van der Waals surface area contributed by atoms with E-state index in [2.05, 4.69) is 22.8 Å². The van der Waals surface area contributed by atoms with Gasteiger partial charge >= 0.3 is 0 Å². The van der Waals surface area contributed by atoms with Gasteiger partial charge in [0, 0.05) is 18.7 Å². The third kappa shape index (κ3) is 2.12. The first-order valence-corrected chi connectivity index (χ1v) is 5.43. The molecule has 80 valence electrons. The van der Waals surface area contributed by atoms with Crippen LogP contribution in [0.1, 0.15) is 31.4 Å². The number of hydrogen-bond acceptors (Lipinski definition) is 2. The molecule has 1 aliphatic rings. The largest absolute Gasteiger partial charge is 0.385 e. The van der Waals surface area contributed by atoms with Crippen LogP contribution in [0.3, 0.4) is 0 Å². The highest BCUT2D eigenvalue weighted by molar-refractivity contribution is 5.76. The van der Waals surface area contributed by atoms with Crippen molar-refractivity contribution in [1.82, 2.24) is 5.32 Å². The minimum absolute atomic E-state index is 0.122. The van der Waals surface area contributed by atoms with Gasteiger partial charge in [-0.1, -0.05) is 25.1 Å². The van der Waals surface area contributed by atoms with Crippen molar-refractivity contribution in [2.45, 2.75) is 25.8 Å². The van der Waals surface area contributed by atoms with E-state index in [1.165, 1.54) is 5.56 Å². The number of hydrogen-bond donors (Lipinski definition) is 2. The predicted octanol–water partition coefficient (Wildman–Crippen LogP) is 2.07. The lowest BCUT2D eigenvalue weighted by atomic mass is 9.98. The van der Waals surface area contributed by atoms with Crippen LogP contribution in [0.25, 0.3) is 0 Å². The molecular weight excluding hydrogens is 188 g/mol. The van der Waals surface area contributed by atoms with Crippen molar-refractivity contribution < 1.29 is 4.79 Å². The smallest absolute Gasteiger partial charge is 0.220 e. The van der Waals surface area contributed by atoms with Gasteiger partial charge in [0.25, 0.3) is 0 Å². The van der Waals surface area contributed by atoms with Gasteiger partial charge in [0.15, 0.2) is 0 Å². The Bertz CT molecular complexity index is 362. The van der Waals surface area contributed by atoms with Crippen LogP contribution in [0.4, 0.5) is 5.69 Å². The monoisotopic (exact) mass is 204 g/mol. The van der Waals surface area contributed by atoms with E-state index in [9.17, 15) is 4.79 Å². The minimum Gasteiger partial charge on any atom is -0.385 e. The molecule has 1 aromatic carbocycles. The summed E-state index contributed by atoms with van der Waals surface area (Å²) in [5.74, 6) is 0.122. The average molecular weight is 204 g/mol. The third-order valence-corrected chi connectivity index (χ3v) is 2.74. The van der Waals surface area contributed by atoms with E-state index in [0.29, 0.717) is 6.42 Å². The molecule has 1 unspecified atom stereocenters. The van der Waals surface area contributed by atoms with E-state index in [0.717, 1.165) is 18.7 Å². The molecule has 2 rings (SSSR count). The first kappa shape index (κ1) is 10.0. The standard InChI is InChI=1S/C12H16N2O/c1-2-12(15)14-11-7-8-13-10-6-4-3-5-9(10)11/h3-6,11,13H,2,7-8H2,1H3,(H,14,15). The van der Waals surface area contributed by atoms with Crippen LogP contribution in [0.2, 0.25) is 0 Å². The number of para-hydroxylation sites is 1. The highest BCUT2D eigenvalue weighted by atomic mass is 16.1. The van der Waals surface area contributed by atoms with E-state index >= 15 is 0 Å². The second-order valence-corrected chi connectivity index (χ2v) is 3.78. The lowest BCUT2D eigenvalue weighted by Crippen LogP contribution is -2.32. The molecule has 1 aliphatic heterocycles. The van der Waals surface area contributed by atoms with Gasteiger partial charge < -0.3 is 10.6 Å². The fourth-order valence-electron chi connectivity index (χ4n) is 1.91. The van der Waals surface area contributed by atoms with Gasteiger partial charge in [-0.15, -0.1) is 0 Å². The highest BCUT2D eigenvalue weighted by Crippen LogP contribution is 2.29. The van der Waals surface area contributed by atoms with Crippen molar-refractivity contribution in [3.05, 3.63) is 29.8 Å². The maximum Gasteiger partial charge on any atom is 0.220 e. The molecule has 0 bridgehead atoms. The zero-order valence-corrected chi connectivity index (χ0v) is 8.92. The lowest BCUT2D eigenvalue weighted by molar-refractivity contribution is -0.121. The molecule has 1 heterocycles. The second kappa shape index (κ2) is 4.34. The molecule has 1 atom stereocenters. The SMILES string of the molecule is CCC(=O)NC1CCNc2ccccc21. The van der Waals surface area contributed by atoms with Crippen molar-refractivity contribution in [2.75, 3.05) is 11.9 Å². The van der Waals surface area contributed by atoms with Crippen LogP contribution in [0.5, 0.6) is 0 Å². The molecule has 3 nitrogen and oxygen atoms in total. The van der Waals surface area contributed by atoms with Crippen molar-refractivity contribution in [3.63, 3.8) is 0 Å². The Hall–Kier alpha value is -1.51. The second-order valence-electron chi connectivity index (χ2n) is 3.78. The summed E-state index contributed by atoms with van der Waals surface area (Å²) < 4.78 is 0. The molecule has 1 amide bonds. The van der Waals surface area contributed by atoms with Gasteiger partial charge in [-0.25, -0.2) is 0 Å². The lowest BCUT2D eigenvalue weighted by Gasteiger charge is -2.27. The number of fused-ring (bicyclic) bond motifs is 1. The molecule has 15 heavy (non-hydrogen) atoms. The summed E-state index contributed by atoms with van der Waals surface area (Å²) in [6.45, 7) is 2.80. The van der Waals surface area contributed by atoms with Crippen molar-refractivity contribution in [1.29, 1.82) is 0 Å². The maximum atomic E-state index is 11.4. The van der Waals surface area contributed by atoms with E-state index in [4.69, 9.17) is 0 Å². The van der Waals surface area contributed by atoms with Gasteiger partial charge in [-0.2, -0.15) is 0 Å². The quantitative estimate of drug-likeness (QED) is 0.774. The Kier molecular flexibility index (Phi) is 2.90. The maximum absolute atomic E-state index is 11.4. The number of rotatable bonds is 2. The summed E-state index contributed by atoms with van der Waals surface area (Å²) >= 11 is 0. The summed E-state index contributed by atoms with van der Waals surface area (Å²) in [6, 6.07) is 8.32. The predicted molar refractivity (Wildman–Crippen MR) is 60.7 cm³/mol. The number of nitrogens with one attached hydrogen (secondary N) is 2. The number of carbonyl (C=O) groups is 1. The van der Waals surface area contributed by atoms with Crippen LogP contribution in [-0.4, -0.2) is 12.5 Å². The Morgan fingerprint density at radius 2 is 2.33 bits per heavy atom. The first-order valence-electron chi connectivity index (χ1n) is 5.43. The fourth-order valence-corrected chi connectivity index (χ4v) is 1.91. The van der Waals surface area contributed by atoms with Crippen molar-refractivity contribution >= 4 is 11.6 Å². The van der Waals surface area contributed by atoms with Crippen molar-refractivity contribution in [2.24, 2.45) is 0 Å². The molecule has 0 radical (unpaired) electrons. The Balaban J connectivity index is 2.18. The minimum atomic E-state index is 0.122. The van der Waals surface area contributed by atoms with E-state index < -0.39 is 0 Å². The molecule has 0 saturated carbocycles. The molecule has 0 spiro atoms. The van der Waals surface area contributed by atoms with Gasteiger partial charge in [0.05, 0.1) is 6.04 Å². The molecule has 3 heteroatoms. The van der Waals surface area contributed by atoms with Crippen LogP contribution in [0.15, 0.2) is 24.3 Å². The zero-order chi connectivity index (χ0) is 10.7. The summed E-state index contributed by atoms with van der Waals surface area (Å²) in [4.78, 5) is 11.4. The van der Waals surface area contributed by atoms with E-state index in [1.54, 1.807) is 0 Å². The van der Waals surface area contributed by atoms with Crippen molar-refractivity contribution in [3.8, 4) is 0 Å². The highest BCUT2D eigenvalue weighted by Gasteiger charge is 2.20. The molecule has 0 aromatic heterocycles. The zero-order valence-electron chi connectivity index (χ0n) is 8.92. The van der Waals surface area contributed by atoms with Crippen LogP contribution in [-0.2, 0) is 4.79 Å². The first-order chi connectivity index (χ1) is 7.31. The fraction of sp³-hybridized carbons (Fsp3) is 0.417. The topological polar surface area (TPSA) is 41.1 Å².